The predicted octanol–water partition coefficient (Wildman–Crippen LogP) is 4.05. The Balaban J connectivity index is 1.99. The Hall–Kier alpha value is -2.86. The second kappa shape index (κ2) is 9.30. The number of hydrogen-bond acceptors (Lipinski definition) is 5. The zero-order valence-corrected chi connectivity index (χ0v) is 18.1. The molecule has 0 saturated carbocycles. The molecule has 0 bridgehead atoms. The van der Waals surface area contributed by atoms with E-state index in [-0.39, 0.29) is 11.3 Å². The van der Waals surface area contributed by atoms with E-state index in [9.17, 15) is 14.7 Å². The molecule has 2 heterocycles. The second-order valence-electron chi connectivity index (χ2n) is 7.69. The van der Waals surface area contributed by atoms with Crippen LogP contribution in [-0.4, -0.2) is 52.8 Å². The molecule has 30 heavy (non-hydrogen) atoms. The highest BCUT2D eigenvalue weighted by atomic mass is 16.3. The Kier molecular flexibility index (Phi) is 6.77. The van der Waals surface area contributed by atoms with Crippen molar-refractivity contribution in [2.24, 2.45) is 0 Å². The molecule has 0 unspecified atom stereocenters. The van der Waals surface area contributed by atoms with E-state index in [1.807, 2.05) is 26.0 Å². The minimum absolute atomic E-state index is 0.0843. The number of amides is 1. The molecule has 3 rings (SSSR count). The fraction of sp³-hybridized carbons (Fsp3) is 0.417. The van der Waals surface area contributed by atoms with Gasteiger partial charge in [-0.15, -0.1) is 0 Å². The lowest BCUT2D eigenvalue weighted by molar-refractivity contribution is -0.140. The summed E-state index contributed by atoms with van der Waals surface area (Å²) in [5.74, 6) is -0.256. The van der Waals surface area contributed by atoms with Crippen LogP contribution in [0.4, 0.5) is 0 Å². The summed E-state index contributed by atoms with van der Waals surface area (Å²) in [5.41, 5.74) is 1.64. The van der Waals surface area contributed by atoms with E-state index in [1.165, 1.54) is 4.90 Å². The summed E-state index contributed by atoms with van der Waals surface area (Å²) >= 11 is 0. The Bertz CT molecular complexity index is 938. The monoisotopic (exact) mass is 410 g/mol. The van der Waals surface area contributed by atoms with Gasteiger partial charge in [-0.25, -0.2) is 0 Å². The van der Waals surface area contributed by atoms with Crippen LogP contribution in [0.2, 0.25) is 0 Å². The van der Waals surface area contributed by atoms with Gasteiger partial charge in [0.2, 0.25) is 0 Å². The number of aliphatic hydroxyl groups is 1. The first kappa shape index (κ1) is 21.8. The van der Waals surface area contributed by atoms with Gasteiger partial charge < -0.3 is 19.3 Å². The van der Waals surface area contributed by atoms with Crippen molar-refractivity contribution < 1.29 is 19.1 Å². The maximum Gasteiger partial charge on any atom is 0.295 e. The van der Waals surface area contributed by atoms with Crippen molar-refractivity contribution in [2.75, 3.05) is 26.2 Å². The summed E-state index contributed by atoms with van der Waals surface area (Å²) in [6, 6.07) is 10.1. The number of aryl methyl sites for hydroxylation is 2. The fourth-order valence-electron chi connectivity index (χ4n) is 3.88. The molecule has 1 fully saturated rings. The van der Waals surface area contributed by atoms with E-state index in [1.54, 1.807) is 24.3 Å². The number of aliphatic hydroxyl groups excluding tert-OH is 1. The predicted molar refractivity (Wildman–Crippen MR) is 116 cm³/mol. The number of Topliss-reactive ketones (excluding diaryl/α,β-unsaturated/α-hetero) is 1. The molecule has 0 radical (unpaired) electrons. The van der Waals surface area contributed by atoms with E-state index < -0.39 is 17.7 Å². The SMILES string of the molecule is CCN(CC)CCCN1C(=O)C(=O)/C(=C(/O)c2ccc(C)cc2)[C@H]1c1ccc(C)o1. The molecule has 1 N–H and O–H groups in total. The molecule has 1 aliphatic rings. The molecule has 0 aliphatic carbocycles. The Morgan fingerprint density at radius 2 is 1.73 bits per heavy atom. The molecule has 0 spiro atoms. The number of furan rings is 1. The van der Waals surface area contributed by atoms with E-state index in [4.69, 9.17) is 4.42 Å². The molecular weight excluding hydrogens is 380 g/mol. The largest absolute Gasteiger partial charge is 0.507 e. The summed E-state index contributed by atoms with van der Waals surface area (Å²) in [6.07, 6.45) is 0.732. The minimum Gasteiger partial charge on any atom is -0.507 e. The van der Waals surface area contributed by atoms with Crippen molar-refractivity contribution in [3.8, 4) is 0 Å². The number of likely N-dealkylation sites (tertiary alicyclic amines) is 1. The second-order valence-corrected chi connectivity index (χ2v) is 7.69. The highest BCUT2D eigenvalue weighted by Gasteiger charge is 2.47. The topological polar surface area (TPSA) is 74.0 Å². The van der Waals surface area contributed by atoms with Crippen LogP contribution < -0.4 is 0 Å². The standard InChI is InChI=1S/C24H30N2O4/c1-5-25(6-2)14-7-15-26-21(19-13-10-17(4)30-19)20(23(28)24(26)29)22(27)18-11-8-16(3)9-12-18/h8-13,21,27H,5-7,14-15H2,1-4H3/b22-20+/t21-/m1/s1. The maximum absolute atomic E-state index is 12.9. The third kappa shape index (κ3) is 4.33. The van der Waals surface area contributed by atoms with Gasteiger partial charge in [0.05, 0.1) is 5.57 Å². The first-order chi connectivity index (χ1) is 14.4. The van der Waals surface area contributed by atoms with Crippen molar-refractivity contribution in [2.45, 2.75) is 40.2 Å². The molecule has 2 aromatic rings. The zero-order chi connectivity index (χ0) is 21.8. The van der Waals surface area contributed by atoms with Gasteiger partial charge in [-0.05, 0) is 52.0 Å². The summed E-state index contributed by atoms with van der Waals surface area (Å²) in [4.78, 5) is 29.6. The normalized spacial score (nSPS) is 18.6. The lowest BCUT2D eigenvalue weighted by atomic mass is 9.99. The van der Waals surface area contributed by atoms with Crippen molar-refractivity contribution in [1.82, 2.24) is 9.80 Å². The number of ketones is 1. The van der Waals surface area contributed by atoms with Gasteiger partial charge >= 0.3 is 0 Å². The molecule has 1 atom stereocenters. The first-order valence-electron chi connectivity index (χ1n) is 10.5. The van der Waals surface area contributed by atoms with Crippen LogP contribution in [0.5, 0.6) is 0 Å². The molecule has 6 heteroatoms. The first-order valence-corrected chi connectivity index (χ1v) is 10.5. The van der Waals surface area contributed by atoms with Crippen molar-refractivity contribution in [3.63, 3.8) is 0 Å². The third-order valence-corrected chi connectivity index (χ3v) is 5.66. The smallest absolute Gasteiger partial charge is 0.295 e. The maximum atomic E-state index is 12.9. The van der Waals surface area contributed by atoms with Gasteiger partial charge in [-0.1, -0.05) is 43.7 Å². The highest BCUT2D eigenvalue weighted by Crippen LogP contribution is 2.40. The molecule has 1 aromatic carbocycles. The van der Waals surface area contributed by atoms with E-state index >= 15 is 0 Å². The van der Waals surface area contributed by atoms with Crippen molar-refractivity contribution in [3.05, 3.63) is 64.6 Å². The van der Waals surface area contributed by atoms with Gasteiger partial charge in [0.25, 0.3) is 11.7 Å². The Morgan fingerprint density at radius 3 is 2.30 bits per heavy atom. The average Bonchev–Trinajstić information content (AvgIpc) is 3.27. The zero-order valence-electron chi connectivity index (χ0n) is 18.1. The molecule has 1 aromatic heterocycles. The number of hydrogen-bond donors (Lipinski definition) is 1. The van der Waals surface area contributed by atoms with Gasteiger partial charge in [0, 0.05) is 12.1 Å². The lowest BCUT2D eigenvalue weighted by Gasteiger charge is -2.25. The summed E-state index contributed by atoms with van der Waals surface area (Å²) in [6.45, 7) is 11.1. The van der Waals surface area contributed by atoms with Crippen LogP contribution in [0.1, 0.15) is 49.0 Å². The molecule has 1 saturated heterocycles. The number of benzene rings is 1. The van der Waals surface area contributed by atoms with E-state index in [0.29, 0.717) is 23.6 Å². The summed E-state index contributed by atoms with van der Waals surface area (Å²) in [5, 5.41) is 11.0. The Morgan fingerprint density at radius 1 is 1.07 bits per heavy atom. The average molecular weight is 411 g/mol. The van der Waals surface area contributed by atoms with Crippen LogP contribution in [0, 0.1) is 13.8 Å². The molecule has 1 amide bonds. The highest BCUT2D eigenvalue weighted by molar-refractivity contribution is 6.46. The summed E-state index contributed by atoms with van der Waals surface area (Å²) < 4.78 is 5.80. The lowest BCUT2D eigenvalue weighted by Crippen LogP contribution is -2.33. The number of carbonyl (C=O) groups excluding carboxylic acids is 2. The fourth-order valence-corrected chi connectivity index (χ4v) is 3.88. The van der Waals surface area contributed by atoms with Gasteiger partial charge in [-0.3, -0.25) is 9.59 Å². The van der Waals surface area contributed by atoms with Gasteiger partial charge in [0.15, 0.2) is 0 Å². The summed E-state index contributed by atoms with van der Waals surface area (Å²) in [7, 11) is 0. The number of rotatable bonds is 8. The van der Waals surface area contributed by atoms with E-state index in [2.05, 4.69) is 18.7 Å². The van der Waals surface area contributed by atoms with Gasteiger partial charge in [0.1, 0.15) is 23.3 Å². The van der Waals surface area contributed by atoms with Crippen LogP contribution in [0.15, 0.2) is 46.4 Å². The number of carbonyl (C=O) groups is 2. The van der Waals surface area contributed by atoms with Crippen molar-refractivity contribution in [1.29, 1.82) is 0 Å². The van der Waals surface area contributed by atoms with Crippen LogP contribution in [0.25, 0.3) is 5.76 Å². The van der Waals surface area contributed by atoms with E-state index in [0.717, 1.165) is 31.6 Å². The molecule has 1 aliphatic heterocycles. The third-order valence-electron chi connectivity index (χ3n) is 5.66. The Labute approximate surface area is 177 Å². The minimum atomic E-state index is -0.725. The molecule has 6 nitrogen and oxygen atoms in total. The van der Waals surface area contributed by atoms with Crippen LogP contribution in [0.3, 0.4) is 0 Å². The molecule has 160 valence electrons. The quantitative estimate of drug-likeness (QED) is 0.404. The number of nitrogens with zero attached hydrogens (tertiary/aromatic N) is 2. The van der Waals surface area contributed by atoms with Crippen molar-refractivity contribution >= 4 is 17.4 Å². The van der Waals surface area contributed by atoms with Crippen LogP contribution in [-0.2, 0) is 9.59 Å². The molecular formula is C24H30N2O4. The van der Waals surface area contributed by atoms with Crippen LogP contribution >= 0.6 is 0 Å². The van der Waals surface area contributed by atoms with Gasteiger partial charge in [-0.2, -0.15) is 0 Å².